The van der Waals surface area contributed by atoms with Gasteiger partial charge in [-0.3, -0.25) is 9.59 Å². The van der Waals surface area contributed by atoms with Crippen molar-refractivity contribution in [2.45, 2.75) is 37.9 Å². The summed E-state index contributed by atoms with van der Waals surface area (Å²) in [5.41, 5.74) is 2.24. The Hall–Kier alpha value is -2.57. The fraction of sp³-hybridized carbons (Fsp3) is 0.474. The van der Waals surface area contributed by atoms with E-state index in [2.05, 4.69) is 15.1 Å². The average molecular weight is 465 g/mol. The number of fused-ring (bicyclic) bond motifs is 1. The summed E-state index contributed by atoms with van der Waals surface area (Å²) in [6.45, 7) is 8.26. The van der Waals surface area contributed by atoms with E-state index < -0.39 is 14.9 Å². The van der Waals surface area contributed by atoms with Crippen LogP contribution in [0.1, 0.15) is 41.6 Å². The van der Waals surface area contributed by atoms with Crippen molar-refractivity contribution < 1.29 is 13.2 Å². The molecule has 0 aliphatic carbocycles. The quantitative estimate of drug-likeness (QED) is 0.625. The number of aromatic nitrogens is 4. The number of piperazine rings is 1. The first-order chi connectivity index (χ1) is 14.6. The number of rotatable bonds is 4. The molecule has 0 bridgehead atoms. The number of carbonyl (C=O) groups excluding carboxylic acids is 1. The molecule has 0 unspecified atom stereocenters. The van der Waals surface area contributed by atoms with Crippen molar-refractivity contribution in [3.8, 4) is 0 Å². The number of amides is 1. The molecule has 3 aromatic heterocycles. The summed E-state index contributed by atoms with van der Waals surface area (Å²) >= 11 is 0.689. The number of nitrogens with zero attached hydrogens (tertiary/aromatic N) is 5. The smallest absolute Gasteiger partial charge is 0.305 e. The zero-order valence-electron chi connectivity index (χ0n) is 17.7. The van der Waals surface area contributed by atoms with Crippen LogP contribution in [0.15, 0.2) is 21.3 Å². The minimum absolute atomic E-state index is 0.0323. The maximum absolute atomic E-state index is 13.3. The van der Waals surface area contributed by atoms with Gasteiger partial charge in [0.05, 0.1) is 17.1 Å². The van der Waals surface area contributed by atoms with Gasteiger partial charge >= 0.3 is 4.87 Å². The van der Waals surface area contributed by atoms with Crippen LogP contribution in [0, 0.1) is 13.8 Å². The second-order valence-corrected chi connectivity index (χ2v) is 11.0. The molecular weight excluding hydrogens is 440 g/mol. The summed E-state index contributed by atoms with van der Waals surface area (Å²) in [6.07, 6.45) is 1.66. The van der Waals surface area contributed by atoms with Crippen molar-refractivity contribution in [3.05, 3.63) is 38.9 Å². The van der Waals surface area contributed by atoms with Crippen LogP contribution in [-0.2, 0) is 10.0 Å². The van der Waals surface area contributed by atoms with Crippen LogP contribution in [0.2, 0.25) is 0 Å². The van der Waals surface area contributed by atoms with Gasteiger partial charge in [-0.15, -0.1) is 0 Å². The Labute approximate surface area is 183 Å². The van der Waals surface area contributed by atoms with Gasteiger partial charge in [0.15, 0.2) is 9.86 Å². The monoisotopic (exact) mass is 464 g/mol. The third kappa shape index (κ3) is 3.79. The number of sulfonamides is 1. The molecular formula is C19H24N6O4S2. The SMILES string of the molecule is Cc1cc(C(=O)N2CCN(S(=O)(=O)c3sc(=O)[nH]c3C)CC2)c2cnn(C(C)C)c2n1. The second kappa shape index (κ2) is 7.84. The van der Waals surface area contributed by atoms with Crippen LogP contribution in [0.4, 0.5) is 0 Å². The number of hydrogen-bond acceptors (Lipinski definition) is 7. The summed E-state index contributed by atoms with van der Waals surface area (Å²) in [7, 11) is -3.77. The van der Waals surface area contributed by atoms with Crippen LogP contribution in [0.25, 0.3) is 11.0 Å². The van der Waals surface area contributed by atoms with E-state index in [-0.39, 0.29) is 42.3 Å². The highest BCUT2D eigenvalue weighted by Gasteiger charge is 2.33. The molecule has 1 N–H and O–H groups in total. The predicted molar refractivity (Wildman–Crippen MR) is 117 cm³/mol. The zero-order chi connectivity index (χ0) is 22.5. The van der Waals surface area contributed by atoms with Crippen molar-refractivity contribution in [2.24, 2.45) is 0 Å². The fourth-order valence-electron chi connectivity index (χ4n) is 3.75. The molecule has 0 spiro atoms. The van der Waals surface area contributed by atoms with Crippen molar-refractivity contribution in [1.29, 1.82) is 0 Å². The summed E-state index contributed by atoms with van der Waals surface area (Å²) in [5, 5.41) is 5.07. The Morgan fingerprint density at radius 3 is 2.45 bits per heavy atom. The van der Waals surface area contributed by atoms with E-state index in [1.54, 1.807) is 28.8 Å². The summed E-state index contributed by atoms with van der Waals surface area (Å²) < 4.78 is 29.0. The number of hydrogen-bond donors (Lipinski definition) is 1. The molecule has 1 amide bonds. The topological polar surface area (TPSA) is 121 Å². The van der Waals surface area contributed by atoms with Crippen molar-refractivity contribution in [1.82, 2.24) is 29.0 Å². The van der Waals surface area contributed by atoms with Gasteiger partial charge in [-0.05, 0) is 33.8 Å². The van der Waals surface area contributed by atoms with Gasteiger partial charge in [0.1, 0.15) is 0 Å². The van der Waals surface area contributed by atoms with Crippen LogP contribution < -0.4 is 4.87 Å². The van der Waals surface area contributed by atoms with Crippen LogP contribution in [0.5, 0.6) is 0 Å². The van der Waals surface area contributed by atoms with Gasteiger partial charge in [0.25, 0.3) is 15.9 Å². The molecule has 1 aliphatic rings. The zero-order valence-corrected chi connectivity index (χ0v) is 19.4. The first kappa shape index (κ1) is 21.7. The van der Waals surface area contributed by atoms with Crippen LogP contribution >= 0.6 is 11.3 Å². The molecule has 1 saturated heterocycles. The van der Waals surface area contributed by atoms with Crippen molar-refractivity contribution in [3.63, 3.8) is 0 Å². The summed E-state index contributed by atoms with van der Waals surface area (Å²) in [4.78, 5) is 33.1. The molecule has 12 heteroatoms. The Kier molecular flexibility index (Phi) is 5.48. The number of H-pyrrole nitrogens is 1. The molecule has 31 heavy (non-hydrogen) atoms. The standard InChI is InChI=1S/C19H24N6O4S2/c1-11(2)25-16-15(10-20-25)14(9-12(3)21-16)17(26)23-5-7-24(8-6-23)31(28,29)18-13(4)22-19(27)30-18/h9-11H,5-8H2,1-4H3,(H,22,27). The fourth-order valence-corrected chi connectivity index (χ4v) is 6.61. The van der Waals surface area contributed by atoms with E-state index in [1.165, 1.54) is 4.31 Å². The number of thiazole rings is 1. The van der Waals surface area contributed by atoms with E-state index >= 15 is 0 Å². The number of aromatic amines is 1. The minimum Gasteiger partial charge on any atom is -0.336 e. The lowest BCUT2D eigenvalue weighted by Gasteiger charge is -2.34. The van der Waals surface area contributed by atoms with E-state index in [9.17, 15) is 18.0 Å². The Morgan fingerprint density at radius 1 is 1.19 bits per heavy atom. The Morgan fingerprint density at radius 2 is 1.87 bits per heavy atom. The molecule has 0 aromatic carbocycles. The lowest BCUT2D eigenvalue weighted by Crippen LogP contribution is -2.50. The normalized spacial score (nSPS) is 15.8. The lowest BCUT2D eigenvalue weighted by molar-refractivity contribution is 0.0699. The highest BCUT2D eigenvalue weighted by atomic mass is 32.2. The molecule has 0 radical (unpaired) electrons. The van der Waals surface area contributed by atoms with Gasteiger partial charge in [-0.1, -0.05) is 11.3 Å². The van der Waals surface area contributed by atoms with E-state index in [0.29, 0.717) is 33.6 Å². The number of nitrogens with one attached hydrogen (secondary N) is 1. The van der Waals surface area contributed by atoms with Gasteiger partial charge in [0, 0.05) is 43.6 Å². The van der Waals surface area contributed by atoms with E-state index in [1.807, 2.05) is 20.8 Å². The maximum Gasteiger partial charge on any atom is 0.305 e. The third-order valence-electron chi connectivity index (χ3n) is 5.30. The van der Waals surface area contributed by atoms with Crippen molar-refractivity contribution in [2.75, 3.05) is 26.2 Å². The van der Waals surface area contributed by atoms with Crippen LogP contribution in [0.3, 0.4) is 0 Å². The number of pyridine rings is 1. The molecule has 10 nitrogen and oxygen atoms in total. The number of aryl methyl sites for hydroxylation is 2. The summed E-state index contributed by atoms with van der Waals surface area (Å²) in [5.74, 6) is -0.168. The summed E-state index contributed by atoms with van der Waals surface area (Å²) in [6, 6.07) is 1.86. The first-order valence-corrected chi connectivity index (χ1v) is 12.2. The molecule has 0 atom stereocenters. The van der Waals surface area contributed by atoms with Crippen molar-refractivity contribution >= 4 is 38.3 Å². The number of carbonyl (C=O) groups is 1. The van der Waals surface area contributed by atoms with Gasteiger partial charge in [-0.2, -0.15) is 9.40 Å². The minimum atomic E-state index is -3.77. The highest BCUT2D eigenvalue weighted by molar-refractivity contribution is 7.91. The van der Waals surface area contributed by atoms with E-state index in [4.69, 9.17) is 0 Å². The first-order valence-electron chi connectivity index (χ1n) is 9.93. The maximum atomic E-state index is 13.3. The second-order valence-electron chi connectivity index (χ2n) is 7.85. The molecule has 1 aliphatic heterocycles. The van der Waals surface area contributed by atoms with Crippen LogP contribution in [-0.4, -0.2) is 69.5 Å². The Balaban J connectivity index is 1.57. The average Bonchev–Trinajstić information content (AvgIpc) is 3.29. The predicted octanol–water partition coefficient (Wildman–Crippen LogP) is 1.53. The molecule has 0 saturated carbocycles. The van der Waals surface area contributed by atoms with Gasteiger partial charge in [0.2, 0.25) is 0 Å². The molecule has 166 valence electrons. The Bertz CT molecular complexity index is 1310. The molecule has 4 rings (SSSR count). The van der Waals surface area contributed by atoms with Gasteiger partial charge < -0.3 is 9.88 Å². The lowest BCUT2D eigenvalue weighted by atomic mass is 10.1. The molecule has 3 aromatic rings. The molecule has 1 fully saturated rings. The highest BCUT2D eigenvalue weighted by Crippen LogP contribution is 2.25. The third-order valence-corrected chi connectivity index (χ3v) is 8.78. The largest absolute Gasteiger partial charge is 0.336 e. The molecule has 4 heterocycles. The van der Waals surface area contributed by atoms with E-state index in [0.717, 1.165) is 5.69 Å². The van der Waals surface area contributed by atoms with Gasteiger partial charge in [-0.25, -0.2) is 18.1 Å².